The molecule has 1 unspecified atom stereocenters. The molecule has 0 aromatic heterocycles. The molecule has 1 N–H and O–H groups in total. The van der Waals surface area contributed by atoms with Crippen LogP contribution in [0.5, 0.6) is 5.75 Å². The van der Waals surface area contributed by atoms with Crippen LogP contribution in [0.3, 0.4) is 0 Å². The van der Waals surface area contributed by atoms with Crippen molar-refractivity contribution < 1.29 is 13.5 Å². The fraction of sp³-hybridized carbons (Fsp3) is 0.273. The minimum Gasteiger partial charge on any atom is -0.494 e. The van der Waals surface area contributed by atoms with Crippen LogP contribution in [0, 0.1) is 11.6 Å². The Labute approximate surface area is 173 Å². The summed E-state index contributed by atoms with van der Waals surface area (Å²) in [6, 6.07) is 12.1. The molecule has 2 aromatic carbocycles. The van der Waals surface area contributed by atoms with E-state index >= 15 is 0 Å². The Morgan fingerprint density at radius 2 is 1.74 bits per heavy atom. The van der Waals surface area contributed by atoms with Crippen LogP contribution < -0.4 is 10.1 Å². The lowest BCUT2D eigenvalue weighted by atomic mass is 9.91. The van der Waals surface area contributed by atoms with Gasteiger partial charge in [0.2, 0.25) is 0 Å². The number of hydrogen-bond donors (Lipinski definition) is 1. The summed E-state index contributed by atoms with van der Waals surface area (Å²) in [4.78, 5) is 0. The number of alkyl halides is 1. The van der Waals surface area contributed by atoms with Crippen LogP contribution in [0.25, 0.3) is 11.3 Å². The molecule has 0 bridgehead atoms. The molecule has 1 aliphatic rings. The lowest BCUT2D eigenvalue weighted by Crippen LogP contribution is -2.26. The van der Waals surface area contributed by atoms with Crippen molar-refractivity contribution in [2.24, 2.45) is 0 Å². The van der Waals surface area contributed by atoms with Gasteiger partial charge in [0.05, 0.1) is 21.8 Å². The van der Waals surface area contributed by atoms with E-state index in [9.17, 15) is 8.78 Å². The van der Waals surface area contributed by atoms with Gasteiger partial charge in [0, 0.05) is 17.8 Å². The molecule has 2 nitrogen and oxygen atoms in total. The van der Waals surface area contributed by atoms with E-state index in [0.29, 0.717) is 18.7 Å². The fourth-order valence-electron chi connectivity index (χ4n) is 2.87. The minimum absolute atomic E-state index is 0.0771. The summed E-state index contributed by atoms with van der Waals surface area (Å²) in [5, 5.41) is 3.12. The van der Waals surface area contributed by atoms with Crippen molar-refractivity contribution in [1.82, 2.24) is 5.32 Å². The molecule has 1 heterocycles. The first-order valence-electron chi connectivity index (χ1n) is 9.02. The van der Waals surface area contributed by atoms with Crippen molar-refractivity contribution in [3.63, 3.8) is 0 Å². The molecule has 2 aromatic rings. The fourth-order valence-corrected chi connectivity index (χ4v) is 3.47. The zero-order chi connectivity index (χ0) is 20.0. The number of allylic oxidation sites excluding steroid dienone is 2. The number of halogens is 3. The first kappa shape index (κ1) is 21.4. The molecular weight excluding hydrogens is 459 g/mol. The maximum absolute atomic E-state index is 14.7. The summed E-state index contributed by atoms with van der Waals surface area (Å²) in [6.07, 6.45) is 0.651. The first-order chi connectivity index (χ1) is 13.0. The quantitative estimate of drug-likeness (QED) is 0.393. The molecule has 0 fully saturated rings. The highest BCUT2D eigenvalue weighted by molar-refractivity contribution is 14.1. The van der Waals surface area contributed by atoms with Crippen LogP contribution in [0.4, 0.5) is 8.78 Å². The monoisotopic (exact) mass is 483 g/mol. The van der Waals surface area contributed by atoms with Gasteiger partial charge >= 0.3 is 0 Å². The predicted molar refractivity (Wildman–Crippen MR) is 117 cm³/mol. The van der Waals surface area contributed by atoms with E-state index in [-0.39, 0.29) is 15.2 Å². The number of benzene rings is 2. The minimum atomic E-state index is -0.654. The molecular formula is C22H24F2INO. The molecule has 5 heteroatoms. The Kier molecular flexibility index (Phi) is 7.83. The van der Waals surface area contributed by atoms with Crippen LogP contribution in [0.15, 0.2) is 54.7 Å². The average molecular weight is 483 g/mol. The maximum atomic E-state index is 14.7. The van der Waals surface area contributed by atoms with E-state index in [1.54, 1.807) is 6.92 Å². The van der Waals surface area contributed by atoms with Crippen LogP contribution in [-0.2, 0) is 0 Å². The van der Waals surface area contributed by atoms with E-state index in [4.69, 9.17) is 4.74 Å². The summed E-state index contributed by atoms with van der Waals surface area (Å²) in [7, 11) is 0. The second-order valence-corrected chi connectivity index (χ2v) is 7.24. The summed E-state index contributed by atoms with van der Waals surface area (Å²) < 4.78 is 34.8. The van der Waals surface area contributed by atoms with Gasteiger partial charge in [-0.05, 0) is 24.5 Å². The van der Waals surface area contributed by atoms with Gasteiger partial charge in [-0.3, -0.25) is 0 Å². The first-order valence-corrected chi connectivity index (χ1v) is 10.3. The van der Waals surface area contributed by atoms with Gasteiger partial charge in [-0.25, -0.2) is 8.78 Å². The molecule has 27 heavy (non-hydrogen) atoms. The molecule has 1 atom stereocenters. The van der Waals surface area contributed by atoms with Crippen molar-refractivity contribution in [2.45, 2.75) is 31.1 Å². The number of nitrogens with one attached hydrogen (secondary N) is 1. The summed E-state index contributed by atoms with van der Waals surface area (Å²) in [5.74, 6) is -1.12. The molecule has 0 spiro atoms. The van der Waals surface area contributed by atoms with Gasteiger partial charge in [0.15, 0.2) is 0 Å². The van der Waals surface area contributed by atoms with Gasteiger partial charge in [-0.15, -0.1) is 0 Å². The Morgan fingerprint density at radius 3 is 2.30 bits per heavy atom. The molecule has 0 aliphatic carbocycles. The van der Waals surface area contributed by atoms with Crippen LogP contribution in [0.2, 0.25) is 0 Å². The normalized spacial score (nSPS) is 16.4. The lowest BCUT2D eigenvalue weighted by molar-refractivity contribution is 0.335. The average Bonchev–Trinajstić information content (AvgIpc) is 2.66. The highest BCUT2D eigenvalue weighted by atomic mass is 127. The zero-order valence-electron chi connectivity index (χ0n) is 15.8. The van der Waals surface area contributed by atoms with Gasteiger partial charge in [0.25, 0.3) is 0 Å². The summed E-state index contributed by atoms with van der Waals surface area (Å²) >= 11 is 2.28. The van der Waals surface area contributed by atoms with E-state index in [2.05, 4.69) is 34.5 Å². The van der Waals surface area contributed by atoms with Crippen molar-refractivity contribution in [2.75, 3.05) is 6.61 Å². The van der Waals surface area contributed by atoms with Gasteiger partial charge in [0.1, 0.15) is 17.4 Å². The Hall–Kier alpha value is -1.89. The van der Waals surface area contributed by atoms with Gasteiger partial charge < -0.3 is 10.1 Å². The third-order valence-corrected chi connectivity index (χ3v) is 5.24. The van der Waals surface area contributed by atoms with Crippen molar-refractivity contribution in [1.29, 1.82) is 0 Å². The van der Waals surface area contributed by atoms with Crippen LogP contribution in [-0.4, -0.2) is 10.5 Å². The summed E-state index contributed by atoms with van der Waals surface area (Å²) in [5.41, 5.74) is 2.90. The largest absolute Gasteiger partial charge is 0.494 e. The third-order valence-electron chi connectivity index (χ3n) is 4.05. The number of ether oxygens (including phenoxy) is 1. The summed E-state index contributed by atoms with van der Waals surface area (Å²) in [6.45, 7) is 10.1. The standard InChI is InChI=1S/C20H18F2INO.C2H6/c1-3-25-14-9-16(21)19(17(22)10-14)20-15(11-18(23)12(2)24-20)13-7-5-4-6-8-13;1-2/h4-10,18,24H,2-3,11H2,1H3;1-2H3. The third kappa shape index (κ3) is 4.89. The van der Waals surface area contributed by atoms with Gasteiger partial charge in [-0.1, -0.05) is 73.3 Å². The van der Waals surface area contributed by atoms with Crippen molar-refractivity contribution >= 4 is 33.9 Å². The van der Waals surface area contributed by atoms with Gasteiger partial charge in [-0.2, -0.15) is 0 Å². The Balaban J connectivity index is 0.00000126. The highest BCUT2D eigenvalue weighted by Crippen LogP contribution is 2.39. The van der Waals surface area contributed by atoms with Crippen LogP contribution in [0.1, 0.15) is 38.3 Å². The number of hydrogen-bond acceptors (Lipinski definition) is 2. The van der Waals surface area contributed by atoms with E-state index in [1.165, 1.54) is 12.1 Å². The smallest absolute Gasteiger partial charge is 0.139 e. The van der Waals surface area contributed by atoms with E-state index in [0.717, 1.165) is 16.8 Å². The molecule has 3 rings (SSSR count). The molecule has 1 aliphatic heterocycles. The zero-order valence-corrected chi connectivity index (χ0v) is 17.9. The molecule has 0 saturated carbocycles. The SMILES string of the molecule is C=C1NC(c2c(F)cc(OCC)cc2F)=C(c2ccccc2)CC1I.CC. The van der Waals surface area contributed by atoms with E-state index in [1.807, 2.05) is 44.2 Å². The second-order valence-electron chi connectivity index (χ2n) is 5.74. The second kappa shape index (κ2) is 9.88. The molecule has 0 amide bonds. The maximum Gasteiger partial charge on any atom is 0.139 e. The Morgan fingerprint density at radius 1 is 1.15 bits per heavy atom. The molecule has 144 valence electrons. The van der Waals surface area contributed by atoms with Crippen molar-refractivity contribution in [3.8, 4) is 5.75 Å². The lowest BCUT2D eigenvalue weighted by Gasteiger charge is -2.29. The van der Waals surface area contributed by atoms with Crippen molar-refractivity contribution in [3.05, 3.63) is 77.5 Å². The number of rotatable bonds is 4. The van der Waals surface area contributed by atoms with E-state index < -0.39 is 11.6 Å². The topological polar surface area (TPSA) is 21.3 Å². The highest BCUT2D eigenvalue weighted by Gasteiger charge is 2.27. The predicted octanol–water partition coefficient (Wildman–Crippen LogP) is 6.57. The molecule has 0 saturated heterocycles. The molecule has 0 radical (unpaired) electrons. The Bertz CT molecular complexity index is 810. The van der Waals surface area contributed by atoms with Crippen LogP contribution >= 0.6 is 22.6 Å².